The molecule has 30 heavy (non-hydrogen) atoms. The molecule has 0 bridgehead atoms. The number of hydrogen-bond acceptors (Lipinski definition) is 5. The number of aryl methyl sites for hydroxylation is 1. The molecule has 1 amide bonds. The summed E-state index contributed by atoms with van der Waals surface area (Å²) >= 11 is 0. The summed E-state index contributed by atoms with van der Waals surface area (Å²) in [6.07, 6.45) is 3.03. The van der Waals surface area contributed by atoms with E-state index in [1.54, 1.807) is 29.4 Å². The molecule has 8 heteroatoms. The second-order valence-electron chi connectivity index (χ2n) is 8.83. The van der Waals surface area contributed by atoms with Crippen LogP contribution in [0.4, 0.5) is 0 Å². The zero-order valence-corrected chi connectivity index (χ0v) is 18.6. The number of hydrogen-bond donors (Lipinski definition) is 1. The Morgan fingerprint density at radius 2 is 1.97 bits per heavy atom. The first kappa shape index (κ1) is 21.3. The molecule has 2 fully saturated rings. The SMILES string of the molecule is Cc1c(C(=O)NC[C@@H]2CCCO2)oc2ccc(S(=O)(=O)N3C[C@H](C)C[C@@H](C)C3)cc12. The third-order valence-corrected chi connectivity index (χ3v) is 7.93. The fraction of sp³-hybridized carbons (Fsp3) is 0.591. The van der Waals surface area contributed by atoms with Crippen molar-refractivity contribution in [3.63, 3.8) is 0 Å². The summed E-state index contributed by atoms with van der Waals surface area (Å²) in [6.45, 7) is 8.20. The number of nitrogens with one attached hydrogen (secondary N) is 1. The first-order chi connectivity index (χ1) is 14.3. The van der Waals surface area contributed by atoms with Crippen molar-refractivity contribution in [2.75, 3.05) is 26.2 Å². The third-order valence-electron chi connectivity index (χ3n) is 6.10. The summed E-state index contributed by atoms with van der Waals surface area (Å²) in [4.78, 5) is 12.8. The molecule has 2 aliphatic rings. The third kappa shape index (κ3) is 4.13. The van der Waals surface area contributed by atoms with E-state index >= 15 is 0 Å². The molecule has 2 saturated heterocycles. The van der Waals surface area contributed by atoms with Crippen LogP contribution >= 0.6 is 0 Å². The van der Waals surface area contributed by atoms with Crippen LogP contribution in [0.5, 0.6) is 0 Å². The second-order valence-corrected chi connectivity index (χ2v) is 10.8. The lowest BCUT2D eigenvalue weighted by atomic mass is 9.94. The summed E-state index contributed by atoms with van der Waals surface area (Å²) in [7, 11) is -3.59. The minimum atomic E-state index is -3.59. The Kier molecular flexibility index (Phi) is 5.92. The molecule has 1 N–H and O–H groups in total. The van der Waals surface area contributed by atoms with E-state index in [2.05, 4.69) is 19.2 Å². The molecule has 0 saturated carbocycles. The average Bonchev–Trinajstić information content (AvgIpc) is 3.33. The monoisotopic (exact) mass is 434 g/mol. The van der Waals surface area contributed by atoms with Gasteiger partial charge in [0.05, 0.1) is 11.0 Å². The maximum atomic E-state index is 13.2. The normalized spacial score (nSPS) is 25.6. The molecule has 2 aliphatic heterocycles. The van der Waals surface area contributed by atoms with Gasteiger partial charge in [-0.15, -0.1) is 0 Å². The van der Waals surface area contributed by atoms with Gasteiger partial charge >= 0.3 is 0 Å². The lowest BCUT2D eigenvalue weighted by Gasteiger charge is -2.34. The van der Waals surface area contributed by atoms with E-state index in [1.165, 1.54) is 0 Å². The van der Waals surface area contributed by atoms with Crippen LogP contribution in [-0.2, 0) is 14.8 Å². The smallest absolute Gasteiger partial charge is 0.287 e. The van der Waals surface area contributed by atoms with Gasteiger partial charge in [-0.1, -0.05) is 13.8 Å². The number of benzene rings is 1. The highest BCUT2D eigenvalue weighted by Crippen LogP contribution is 2.31. The largest absolute Gasteiger partial charge is 0.451 e. The Morgan fingerprint density at radius 1 is 1.23 bits per heavy atom. The van der Waals surface area contributed by atoms with Gasteiger partial charge in [0.25, 0.3) is 5.91 Å². The number of furan rings is 1. The molecule has 7 nitrogen and oxygen atoms in total. The molecule has 0 unspecified atom stereocenters. The first-order valence-corrected chi connectivity index (χ1v) is 12.1. The molecule has 164 valence electrons. The highest BCUT2D eigenvalue weighted by Gasteiger charge is 2.32. The van der Waals surface area contributed by atoms with Crippen molar-refractivity contribution < 1.29 is 22.4 Å². The van der Waals surface area contributed by atoms with Crippen LogP contribution in [0.2, 0.25) is 0 Å². The number of ether oxygens (including phenoxy) is 1. The topological polar surface area (TPSA) is 88.8 Å². The van der Waals surface area contributed by atoms with E-state index in [4.69, 9.17) is 9.15 Å². The van der Waals surface area contributed by atoms with Crippen LogP contribution in [0.1, 0.15) is 49.2 Å². The number of carbonyl (C=O) groups excluding carboxylic acids is 1. The van der Waals surface area contributed by atoms with Crippen molar-refractivity contribution in [3.05, 3.63) is 29.5 Å². The number of nitrogens with zero attached hydrogens (tertiary/aromatic N) is 1. The molecule has 4 rings (SSSR count). The van der Waals surface area contributed by atoms with E-state index in [9.17, 15) is 13.2 Å². The molecule has 0 aliphatic carbocycles. The predicted octanol–water partition coefficient (Wildman–Crippen LogP) is 3.32. The van der Waals surface area contributed by atoms with Crippen LogP contribution < -0.4 is 5.32 Å². The van der Waals surface area contributed by atoms with E-state index in [1.807, 2.05) is 0 Å². The molecule has 0 spiro atoms. The van der Waals surface area contributed by atoms with Crippen molar-refractivity contribution >= 4 is 26.9 Å². The second kappa shape index (κ2) is 8.32. The minimum Gasteiger partial charge on any atom is -0.451 e. The van der Waals surface area contributed by atoms with Crippen LogP contribution in [-0.4, -0.2) is 51.0 Å². The van der Waals surface area contributed by atoms with Crippen molar-refractivity contribution in [2.45, 2.75) is 51.0 Å². The van der Waals surface area contributed by atoms with Gasteiger partial charge in [-0.05, 0) is 56.2 Å². The number of rotatable bonds is 5. The van der Waals surface area contributed by atoms with Crippen LogP contribution in [0.25, 0.3) is 11.0 Å². The number of amides is 1. The Labute approximate surface area is 177 Å². The van der Waals surface area contributed by atoms with Crippen LogP contribution in [0.3, 0.4) is 0 Å². The number of sulfonamides is 1. The lowest BCUT2D eigenvalue weighted by Crippen LogP contribution is -2.42. The van der Waals surface area contributed by atoms with Crippen molar-refractivity contribution in [3.8, 4) is 0 Å². The van der Waals surface area contributed by atoms with Gasteiger partial charge in [0.1, 0.15) is 5.58 Å². The van der Waals surface area contributed by atoms with Gasteiger partial charge in [0, 0.05) is 37.2 Å². The van der Waals surface area contributed by atoms with Crippen molar-refractivity contribution in [2.24, 2.45) is 11.8 Å². The fourth-order valence-electron chi connectivity index (χ4n) is 4.62. The van der Waals surface area contributed by atoms with Gasteiger partial charge in [0.15, 0.2) is 5.76 Å². The standard InChI is InChI=1S/C22H30N2O5S/c1-14-9-15(2)13-24(12-14)30(26,27)18-6-7-20-19(10-18)16(3)21(29-20)22(25)23-11-17-5-4-8-28-17/h6-7,10,14-15,17H,4-5,8-9,11-13H2,1-3H3,(H,23,25)/t14-,15-,17+/m1/s1. The fourth-order valence-corrected chi connectivity index (χ4v) is 6.33. The average molecular weight is 435 g/mol. The summed E-state index contributed by atoms with van der Waals surface area (Å²) in [5, 5.41) is 3.51. The van der Waals surface area contributed by atoms with E-state index in [0.29, 0.717) is 48.0 Å². The number of piperidine rings is 1. The lowest BCUT2D eigenvalue weighted by molar-refractivity contribution is 0.0836. The van der Waals surface area contributed by atoms with Gasteiger partial charge in [-0.3, -0.25) is 4.79 Å². The van der Waals surface area contributed by atoms with E-state index in [0.717, 1.165) is 25.9 Å². The Morgan fingerprint density at radius 3 is 2.63 bits per heavy atom. The highest BCUT2D eigenvalue weighted by molar-refractivity contribution is 7.89. The molecular weight excluding hydrogens is 404 g/mol. The zero-order chi connectivity index (χ0) is 21.5. The number of carbonyl (C=O) groups is 1. The minimum absolute atomic E-state index is 0.0460. The van der Waals surface area contributed by atoms with Gasteiger partial charge in [-0.25, -0.2) is 8.42 Å². The summed E-state index contributed by atoms with van der Waals surface area (Å²) in [5.74, 6) is 0.587. The molecule has 3 atom stereocenters. The Bertz CT molecular complexity index is 1030. The summed E-state index contributed by atoms with van der Waals surface area (Å²) < 4.78 is 39.3. The molecular formula is C22H30N2O5S. The molecule has 0 radical (unpaired) electrons. The molecule has 1 aromatic carbocycles. The van der Waals surface area contributed by atoms with E-state index < -0.39 is 10.0 Å². The number of fused-ring (bicyclic) bond motifs is 1. The zero-order valence-electron chi connectivity index (χ0n) is 17.8. The Hall–Kier alpha value is -1.90. The van der Waals surface area contributed by atoms with Crippen LogP contribution in [0, 0.1) is 18.8 Å². The summed E-state index contributed by atoms with van der Waals surface area (Å²) in [6, 6.07) is 4.84. The van der Waals surface area contributed by atoms with Gasteiger partial charge < -0.3 is 14.5 Å². The highest BCUT2D eigenvalue weighted by atomic mass is 32.2. The maximum Gasteiger partial charge on any atom is 0.287 e. The van der Waals surface area contributed by atoms with E-state index in [-0.39, 0.29) is 22.7 Å². The van der Waals surface area contributed by atoms with Crippen LogP contribution in [0.15, 0.2) is 27.5 Å². The van der Waals surface area contributed by atoms with Gasteiger partial charge in [-0.2, -0.15) is 4.31 Å². The first-order valence-electron chi connectivity index (χ1n) is 10.7. The molecule has 1 aromatic heterocycles. The molecule has 2 aromatic rings. The summed E-state index contributed by atoms with van der Waals surface area (Å²) in [5.41, 5.74) is 1.15. The maximum absolute atomic E-state index is 13.2. The Balaban J connectivity index is 1.58. The van der Waals surface area contributed by atoms with Crippen molar-refractivity contribution in [1.82, 2.24) is 9.62 Å². The predicted molar refractivity (Wildman–Crippen MR) is 114 cm³/mol. The molecule has 3 heterocycles. The van der Waals surface area contributed by atoms with Gasteiger partial charge in [0.2, 0.25) is 10.0 Å². The quantitative estimate of drug-likeness (QED) is 0.780. The van der Waals surface area contributed by atoms with Crippen molar-refractivity contribution in [1.29, 1.82) is 0 Å².